The topological polar surface area (TPSA) is 68.0 Å². The van der Waals surface area contributed by atoms with Gasteiger partial charge in [0.1, 0.15) is 12.2 Å². The molecule has 0 radical (unpaired) electrons. The van der Waals surface area contributed by atoms with Gasteiger partial charge in [-0.2, -0.15) is 5.10 Å². The Bertz CT molecular complexity index is 462. The first kappa shape index (κ1) is 16.0. The van der Waals surface area contributed by atoms with Crippen molar-refractivity contribution in [1.29, 1.82) is 0 Å². The third-order valence-corrected chi connectivity index (χ3v) is 4.84. The highest BCUT2D eigenvalue weighted by molar-refractivity contribution is 5.75. The van der Waals surface area contributed by atoms with Crippen molar-refractivity contribution in [1.82, 2.24) is 14.8 Å². The number of carbonyl (C=O) groups is 1. The van der Waals surface area contributed by atoms with E-state index in [0.29, 0.717) is 12.3 Å². The van der Waals surface area contributed by atoms with E-state index in [1.807, 2.05) is 4.68 Å². The molecule has 0 aromatic carbocycles. The molecule has 0 atom stereocenters. The first-order valence-corrected chi connectivity index (χ1v) is 8.21. The molecule has 1 aliphatic carbocycles. The molecule has 21 heavy (non-hydrogen) atoms. The number of hydrogen-bond donors (Lipinski definition) is 1. The average Bonchev–Trinajstić information content (AvgIpc) is 2.89. The van der Waals surface area contributed by atoms with Crippen LogP contribution in [-0.4, -0.2) is 25.8 Å². The van der Waals surface area contributed by atoms with E-state index in [1.54, 1.807) is 6.33 Å². The smallest absolute Gasteiger partial charge is 0.310 e. The van der Waals surface area contributed by atoms with Crippen molar-refractivity contribution in [2.24, 2.45) is 11.3 Å². The molecule has 118 valence electrons. The molecule has 1 aromatic rings. The fourth-order valence-electron chi connectivity index (χ4n) is 3.52. The van der Waals surface area contributed by atoms with Crippen molar-refractivity contribution in [2.45, 2.75) is 71.8 Å². The lowest BCUT2D eigenvalue weighted by molar-refractivity contribution is -0.151. The van der Waals surface area contributed by atoms with Crippen molar-refractivity contribution >= 4 is 5.97 Å². The lowest BCUT2D eigenvalue weighted by Crippen LogP contribution is -2.38. The van der Waals surface area contributed by atoms with E-state index < -0.39 is 11.4 Å². The minimum atomic E-state index is -0.663. The molecule has 0 saturated heterocycles. The summed E-state index contributed by atoms with van der Waals surface area (Å²) < 4.78 is 1.86. The molecule has 1 fully saturated rings. The van der Waals surface area contributed by atoms with Crippen molar-refractivity contribution < 1.29 is 9.90 Å². The number of nitrogens with zero attached hydrogens (tertiary/aromatic N) is 3. The van der Waals surface area contributed by atoms with Gasteiger partial charge >= 0.3 is 5.97 Å². The van der Waals surface area contributed by atoms with Gasteiger partial charge in [-0.1, -0.05) is 26.7 Å². The van der Waals surface area contributed by atoms with Crippen LogP contribution in [0.3, 0.4) is 0 Å². The first-order chi connectivity index (χ1) is 10.1. The van der Waals surface area contributed by atoms with E-state index in [-0.39, 0.29) is 0 Å². The van der Waals surface area contributed by atoms with E-state index in [9.17, 15) is 9.90 Å². The minimum absolute atomic E-state index is 0.515. The van der Waals surface area contributed by atoms with Crippen molar-refractivity contribution in [3.63, 3.8) is 0 Å². The Morgan fingerprint density at radius 1 is 1.38 bits per heavy atom. The summed E-state index contributed by atoms with van der Waals surface area (Å²) in [5.41, 5.74) is -0.636. The molecule has 1 N–H and O–H groups in total. The molecule has 1 saturated carbocycles. The molecule has 1 aromatic heterocycles. The summed E-state index contributed by atoms with van der Waals surface area (Å²) in [4.78, 5) is 16.2. The Kier molecular flexibility index (Phi) is 5.37. The van der Waals surface area contributed by atoms with Crippen molar-refractivity contribution in [2.75, 3.05) is 0 Å². The Hall–Kier alpha value is -1.39. The predicted octanol–water partition coefficient (Wildman–Crippen LogP) is 3.29. The molecule has 0 spiro atoms. The normalized spacial score (nSPS) is 25.9. The zero-order valence-corrected chi connectivity index (χ0v) is 13.2. The van der Waals surface area contributed by atoms with E-state index in [2.05, 4.69) is 23.9 Å². The zero-order chi connectivity index (χ0) is 15.3. The maximum absolute atomic E-state index is 11.9. The van der Waals surface area contributed by atoms with Crippen LogP contribution in [0.1, 0.15) is 64.6 Å². The van der Waals surface area contributed by atoms with Crippen LogP contribution in [0, 0.1) is 11.3 Å². The molecule has 1 aliphatic rings. The van der Waals surface area contributed by atoms with Crippen LogP contribution in [-0.2, 0) is 17.8 Å². The number of carboxylic acid groups (broad SMARTS) is 1. The summed E-state index contributed by atoms with van der Waals surface area (Å²) in [6.07, 6.45) is 9.05. The first-order valence-electron chi connectivity index (χ1n) is 8.21. The number of hydrogen-bond acceptors (Lipinski definition) is 3. The van der Waals surface area contributed by atoms with Gasteiger partial charge in [0.2, 0.25) is 0 Å². The van der Waals surface area contributed by atoms with Crippen LogP contribution in [0.4, 0.5) is 0 Å². The number of aryl methyl sites for hydroxylation is 1. The highest BCUT2D eigenvalue weighted by Crippen LogP contribution is 2.42. The van der Waals surface area contributed by atoms with Gasteiger partial charge in [-0.3, -0.25) is 9.48 Å². The van der Waals surface area contributed by atoms with E-state index in [0.717, 1.165) is 44.5 Å². The fourth-order valence-corrected chi connectivity index (χ4v) is 3.52. The van der Waals surface area contributed by atoms with Gasteiger partial charge < -0.3 is 5.11 Å². The molecule has 0 unspecified atom stereocenters. The summed E-state index contributed by atoms with van der Waals surface area (Å²) in [7, 11) is 0. The highest BCUT2D eigenvalue weighted by Gasteiger charge is 2.42. The van der Waals surface area contributed by atoms with Gasteiger partial charge in [-0.15, -0.1) is 0 Å². The van der Waals surface area contributed by atoms with E-state index in [1.165, 1.54) is 12.8 Å². The number of carboxylic acids is 1. The molecular weight excluding hydrogens is 266 g/mol. The largest absolute Gasteiger partial charge is 0.481 e. The molecule has 5 heteroatoms. The van der Waals surface area contributed by atoms with Gasteiger partial charge in [-0.25, -0.2) is 4.98 Å². The number of aliphatic carboxylic acids is 1. The SMILES string of the molecule is CCCC1CCC(Cc2ncnn2CCC)(C(=O)O)CC1. The van der Waals surface area contributed by atoms with Crippen LogP contribution in [0.15, 0.2) is 6.33 Å². The molecule has 5 nitrogen and oxygen atoms in total. The molecule has 0 aliphatic heterocycles. The number of rotatable bonds is 7. The monoisotopic (exact) mass is 293 g/mol. The van der Waals surface area contributed by atoms with Crippen LogP contribution in [0.5, 0.6) is 0 Å². The maximum atomic E-state index is 11.9. The molecule has 0 amide bonds. The molecule has 1 heterocycles. The summed E-state index contributed by atoms with van der Waals surface area (Å²) in [6.45, 7) is 5.10. The van der Waals surface area contributed by atoms with Gasteiger partial charge in [0.25, 0.3) is 0 Å². The van der Waals surface area contributed by atoms with Gasteiger partial charge in [0, 0.05) is 13.0 Å². The third-order valence-electron chi connectivity index (χ3n) is 4.84. The quantitative estimate of drug-likeness (QED) is 0.837. The average molecular weight is 293 g/mol. The van der Waals surface area contributed by atoms with Gasteiger partial charge in [0.05, 0.1) is 5.41 Å². The Morgan fingerprint density at radius 3 is 2.67 bits per heavy atom. The highest BCUT2D eigenvalue weighted by atomic mass is 16.4. The van der Waals surface area contributed by atoms with Gasteiger partial charge in [0.15, 0.2) is 0 Å². The molecule has 2 rings (SSSR count). The molecule has 0 bridgehead atoms. The van der Waals surface area contributed by atoms with Crippen molar-refractivity contribution in [3.8, 4) is 0 Å². The summed E-state index contributed by atoms with van der Waals surface area (Å²) >= 11 is 0. The second kappa shape index (κ2) is 7.05. The Morgan fingerprint density at radius 2 is 2.10 bits per heavy atom. The van der Waals surface area contributed by atoms with Crippen LogP contribution in [0.25, 0.3) is 0 Å². The van der Waals surface area contributed by atoms with Crippen LogP contribution in [0.2, 0.25) is 0 Å². The maximum Gasteiger partial charge on any atom is 0.310 e. The van der Waals surface area contributed by atoms with Crippen LogP contribution >= 0.6 is 0 Å². The molecular formula is C16H27N3O2. The lowest BCUT2D eigenvalue weighted by Gasteiger charge is -2.36. The zero-order valence-electron chi connectivity index (χ0n) is 13.2. The number of aromatic nitrogens is 3. The fraction of sp³-hybridized carbons (Fsp3) is 0.812. The summed E-state index contributed by atoms with van der Waals surface area (Å²) in [6, 6.07) is 0. The standard InChI is InChI=1S/C16H27N3O2/c1-3-5-13-6-8-16(9-7-13,15(20)21)11-14-17-12-18-19(14)10-4-2/h12-13H,3-11H2,1-2H3,(H,20,21). The second-order valence-electron chi connectivity index (χ2n) is 6.39. The third kappa shape index (κ3) is 3.63. The van der Waals surface area contributed by atoms with E-state index in [4.69, 9.17) is 0 Å². The second-order valence-corrected chi connectivity index (χ2v) is 6.39. The Labute approximate surface area is 126 Å². The van der Waals surface area contributed by atoms with Crippen LogP contribution < -0.4 is 0 Å². The predicted molar refractivity (Wildman–Crippen MR) is 81.0 cm³/mol. The lowest BCUT2D eigenvalue weighted by atomic mass is 9.67. The van der Waals surface area contributed by atoms with Gasteiger partial charge in [-0.05, 0) is 38.0 Å². The van der Waals surface area contributed by atoms with E-state index >= 15 is 0 Å². The minimum Gasteiger partial charge on any atom is -0.481 e. The van der Waals surface area contributed by atoms with Crippen molar-refractivity contribution in [3.05, 3.63) is 12.2 Å². The summed E-state index contributed by atoms with van der Waals surface area (Å²) in [5.74, 6) is 0.868. The summed E-state index contributed by atoms with van der Waals surface area (Å²) in [5, 5.41) is 14.0. The Balaban J connectivity index is 2.09.